The SMILES string of the molecule is CCN1CCCC1CN(C)c1nc(C(=O)O)co1. The minimum absolute atomic E-state index is 0.0457. The van der Waals surface area contributed by atoms with E-state index < -0.39 is 5.97 Å². The summed E-state index contributed by atoms with van der Waals surface area (Å²) in [5.41, 5.74) is -0.0457. The zero-order valence-electron chi connectivity index (χ0n) is 10.8. The summed E-state index contributed by atoms with van der Waals surface area (Å²) in [6.45, 7) is 5.16. The van der Waals surface area contributed by atoms with Crippen LogP contribution in [0.25, 0.3) is 0 Å². The molecular formula is C12H19N3O3. The third-order valence-electron chi connectivity index (χ3n) is 3.43. The van der Waals surface area contributed by atoms with Gasteiger partial charge >= 0.3 is 5.97 Å². The number of hydrogen-bond donors (Lipinski definition) is 1. The maximum atomic E-state index is 10.7. The number of carbonyl (C=O) groups is 1. The van der Waals surface area contributed by atoms with Crippen molar-refractivity contribution < 1.29 is 14.3 Å². The second-order valence-corrected chi connectivity index (χ2v) is 4.63. The van der Waals surface area contributed by atoms with E-state index >= 15 is 0 Å². The van der Waals surface area contributed by atoms with Gasteiger partial charge < -0.3 is 14.4 Å². The summed E-state index contributed by atoms with van der Waals surface area (Å²) in [6.07, 6.45) is 3.57. The third kappa shape index (κ3) is 2.64. The molecule has 18 heavy (non-hydrogen) atoms. The van der Waals surface area contributed by atoms with Gasteiger partial charge in [0.05, 0.1) is 0 Å². The molecule has 1 N–H and O–H groups in total. The van der Waals surface area contributed by atoms with E-state index in [9.17, 15) is 4.79 Å². The molecule has 1 fully saturated rings. The predicted molar refractivity (Wildman–Crippen MR) is 67.0 cm³/mol. The topological polar surface area (TPSA) is 69.8 Å². The van der Waals surface area contributed by atoms with Crippen LogP contribution in [0.2, 0.25) is 0 Å². The van der Waals surface area contributed by atoms with Gasteiger partial charge in [-0.3, -0.25) is 4.90 Å². The molecule has 6 nitrogen and oxygen atoms in total. The molecule has 1 aliphatic rings. The number of likely N-dealkylation sites (N-methyl/N-ethyl adjacent to an activating group) is 2. The molecule has 100 valence electrons. The summed E-state index contributed by atoms with van der Waals surface area (Å²) in [7, 11) is 1.88. The number of carboxylic acid groups (broad SMARTS) is 1. The van der Waals surface area contributed by atoms with E-state index in [1.54, 1.807) is 0 Å². The Balaban J connectivity index is 1.98. The molecule has 1 saturated heterocycles. The Morgan fingerprint density at radius 2 is 2.50 bits per heavy atom. The van der Waals surface area contributed by atoms with Crippen molar-refractivity contribution in [1.82, 2.24) is 9.88 Å². The summed E-state index contributed by atoms with van der Waals surface area (Å²) >= 11 is 0. The summed E-state index contributed by atoms with van der Waals surface area (Å²) in [5.74, 6) is -1.06. The van der Waals surface area contributed by atoms with Gasteiger partial charge in [-0.2, -0.15) is 4.98 Å². The highest BCUT2D eigenvalue weighted by atomic mass is 16.4. The second-order valence-electron chi connectivity index (χ2n) is 4.63. The summed E-state index contributed by atoms with van der Waals surface area (Å²) in [5, 5.41) is 8.80. The van der Waals surface area contributed by atoms with E-state index in [4.69, 9.17) is 9.52 Å². The van der Waals surface area contributed by atoms with Crippen molar-refractivity contribution in [1.29, 1.82) is 0 Å². The van der Waals surface area contributed by atoms with Crippen LogP contribution < -0.4 is 4.90 Å². The number of hydrogen-bond acceptors (Lipinski definition) is 5. The molecule has 1 aliphatic heterocycles. The van der Waals surface area contributed by atoms with Gasteiger partial charge in [-0.15, -0.1) is 0 Å². The van der Waals surface area contributed by atoms with Crippen LogP contribution in [0.15, 0.2) is 10.7 Å². The van der Waals surface area contributed by atoms with Crippen LogP contribution in [0.3, 0.4) is 0 Å². The maximum absolute atomic E-state index is 10.7. The Morgan fingerprint density at radius 1 is 1.72 bits per heavy atom. The lowest BCUT2D eigenvalue weighted by atomic mass is 10.2. The fourth-order valence-corrected chi connectivity index (χ4v) is 2.45. The smallest absolute Gasteiger partial charge is 0.357 e. The van der Waals surface area contributed by atoms with E-state index in [1.807, 2.05) is 11.9 Å². The van der Waals surface area contributed by atoms with Crippen molar-refractivity contribution in [2.45, 2.75) is 25.8 Å². The first-order valence-electron chi connectivity index (χ1n) is 6.25. The van der Waals surface area contributed by atoms with Gasteiger partial charge in [0, 0.05) is 19.6 Å². The largest absolute Gasteiger partial charge is 0.476 e. The first kappa shape index (κ1) is 12.9. The maximum Gasteiger partial charge on any atom is 0.357 e. The minimum Gasteiger partial charge on any atom is -0.476 e. The van der Waals surface area contributed by atoms with Gasteiger partial charge in [0.15, 0.2) is 5.69 Å². The number of aromatic nitrogens is 1. The fourth-order valence-electron chi connectivity index (χ4n) is 2.45. The van der Waals surface area contributed by atoms with Crippen molar-refractivity contribution in [2.24, 2.45) is 0 Å². The quantitative estimate of drug-likeness (QED) is 0.852. The molecule has 2 heterocycles. The Hall–Kier alpha value is -1.56. The number of anilines is 1. The highest BCUT2D eigenvalue weighted by Gasteiger charge is 2.25. The first-order valence-corrected chi connectivity index (χ1v) is 6.25. The highest BCUT2D eigenvalue weighted by molar-refractivity contribution is 5.85. The second kappa shape index (κ2) is 5.39. The van der Waals surface area contributed by atoms with E-state index in [2.05, 4.69) is 16.8 Å². The normalized spacial score (nSPS) is 20.2. The van der Waals surface area contributed by atoms with Crippen LogP contribution in [0, 0.1) is 0 Å². The first-order chi connectivity index (χ1) is 8.61. The lowest BCUT2D eigenvalue weighted by Crippen LogP contribution is -2.38. The van der Waals surface area contributed by atoms with Gasteiger partial charge in [-0.05, 0) is 25.9 Å². The average Bonchev–Trinajstić information content (AvgIpc) is 2.96. The highest BCUT2D eigenvalue weighted by Crippen LogP contribution is 2.20. The molecule has 1 aromatic heterocycles. The summed E-state index contributed by atoms with van der Waals surface area (Å²) in [4.78, 5) is 19.0. The van der Waals surface area contributed by atoms with Crippen LogP contribution >= 0.6 is 0 Å². The monoisotopic (exact) mass is 253 g/mol. The van der Waals surface area contributed by atoms with Gasteiger partial charge in [0.25, 0.3) is 6.01 Å². The number of carboxylic acids is 1. The molecule has 1 aromatic rings. The number of likely N-dealkylation sites (tertiary alicyclic amines) is 1. The van der Waals surface area contributed by atoms with Crippen LogP contribution in [0.1, 0.15) is 30.3 Å². The fraction of sp³-hybridized carbons (Fsp3) is 0.667. The molecule has 0 spiro atoms. The molecular weight excluding hydrogens is 234 g/mol. The summed E-state index contributed by atoms with van der Waals surface area (Å²) < 4.78 is 5.18. The van der Waals surface area contributed by atoms with Crippen LogP contribution in [-0.4, -0.2) is 53.7 Å². The molecule has 0 saturated carbocycles. The number of aromatic carboxylic acids is 1. The Kier molecular flexibility index (Phi) is 3.86. The average molecular weight is 253 g/mol. The number of nitrogens with zero attached hydrogens (tertiary/aromatic N) is 3. The molecule has 0 aliphatic carbocycles. The van der Waals surface area contributed by atoms with E-state index in [0.29, 0.717) is 12.1 Å². The molecule has 1 unspecified atom stereocenters. The molecule has 0 radical (unpaired) electrons. The predicted octanol–water partition coefficient (Wildman–Crippen LogP) is 1.29. The van der Waals surface area contributed by atoms with Crippen LogP contribution in [0.5, 0.6) is 0 Å². The van der Waals surface area contributed by atoms with Crippen molar-refractivity contribution >= 4 is 12.0 Å². The molecule has 1 atom stereocenters. The van der Waals surface area contributed by atoms with E-state index in [0.717, 1.165) is 19.6 Å². The number of rotatable bonds is 5. The lowest BCUT2D eigenvalue weighted by molar-refractivity contribution is 0.0690. The summed E-state index contributed by atoms with van der Waals surface area (Å²) in [6, 6.07) is 0.871. The van der Waals surface area contributed by atoms with Crippen molar-refractivity contribution in [3.63, 3.8) is 0 Å². The molecule has 6 heteroatoms. The zero-order valence-corrected chi connectivity index (χ0v) is 10.8. The van der Waals surface area contributed by atoms with Crippen LogP contribution in [0.4, 0.5) is 6.01 Å². The lowest BCUT2D eigenvalue weighted by Gasteiger charge is -2.26. The zero-order chi connectivity index (χ0) is 13.1. The van der Waals surface area contributed by atoms with Gasteiger partial charge in [0.1, 0.15) is 6.26 Å². The third-order valence-corrected chi connectivity index (χ3v) is 3.43. The molecule has 0 amide bonds. The van der Waals surface area contributed by atoms with E-state index in [1.165, 1.54) is 19.1 Å². The van der Waals surface area contributed by atoms with Gasteiger partial charge in [-0.25, -0.2) is 4.79 Å². The van der Waals surface area contributed by atoms with Crippen molar-refractivity contribution in [3.8, 4) is 0 Å². The Labute approximate surface area is 106 Å². The molecule has 0 aromatic carbocycles. The minimum atomic E-state index is -1.06. The van der Waals surface area contributed by atoms with Crippen molar-refractivity contribution in [2.75, 3.05) is 31.6 Å². The Morgan fingerprint density at radius 3 is 3.11 bits per heavy atom. The van der Waals surface area contributed by atoms with Crippen molar-refractivity contribution in [3.05, 3.63) is 12.0 Å². The molecule has 2 rings (SSSR count). The standard InChI is InChI=1S/C12H19N3O3/c1-3-15-6-4-5-9(15)7-14(2)12-13-10(8-18-12)11(16)17/h8-9H,3-7H2,1-2H3,(H,16,17). The van der Waals surface area contributed by atoms with E-state index in [-0.39, 0.29) is 5.69 Å². The van der Waals surface area contributed by atoms with Crippen LogP contribution in [-0.2, 0) is 0 Å². The molecule has 0 bridgehead atoms. The Bertz CT molecular complexity index is 418. The van der Waals surface area contributed by atoms with Gasteiger partial charge in [0.2, 0.25) is 0 Å². The van der Waals surface area contributed by atoms with Gasteiger partial charge in [-0.1, -0.05) is 6.92 Å². The number of oxazole rings is 1.